The summed E-state index contributed by atoms with van der Waals surface area (Å²) in [4.78, 5) is 34.0. The molecule has 8 nitrogen and oxygen atoms in total. The Labute approximate surface area is 161 Å². The number of carboxylic acid groups (broad SMARTS) is 1. The number of hydrogen-bond donors (Lipinski definition) is 4. The Bertz CT molecular complexity index is 522. The Morgan fingerprint density at radius 1 is 1.26 bits per heavy atom. The summed E-state index contributed by atoms with van der Waals surface area (Å²) in [7, 11) is -4.36. The van der Waals surface area contributed by atoms with E-state index in [4.69, 9.17) is 10.3 Å². The third kappa shape index (κ3) is 8.73. The largest absolute Gasteiger partial charge is 0.479 e. The molecule has 1 aliphatic rings. The predicted octanol–water partition coefficient (Wildman–Crippen LogP) is 2.84. The topological polar surface area (TPSA) is 139 Å². The van der Waals surface area contributed by atoms with Crippen LogP contribution in [-0.4, -0.2) is 40.3 Å². The van der Waals surface area contributed by atoms with Gasteiger partial charge in [0.25, 0.3) is 0 Å². The first-order valence-electron chi connectivity index (χ1n) is 9.90. The molecule has 0 aliphatic heterocycles. The van der Waals surface area contributed by atoms with E-state index in [9.17, 15) is 24.2 Å². The first-order valence-corrected chi connectivity index (χ1v) is 11.5. The van der Waals surface area contributed by atoms with Crippen LogP contribution in [-0.2, 0) is 18.7 Å². The summed E-state index contributed by atoms with van der Waals surface area (Å²) in [6, 6.07) is 0. The molecule has 1 aliphatic carbocycles. The lowest BCUT2D eigenvalue weighted by atomic mass is 10.0. The summed E-state index contributed by atoms with van der Waals surface area (Å²) in [5.74, 6) is -2.56. The van der Waals surface area contributed by atoms with Crippen molar-refractivity contribution in [3.8, 4) is 0 Å². The zero-order valence-corrected chi connectivity index (χ0v) is 17.3. The van der Waals surface area contributed by atoms with Crippen molar-refractivity contribution >= 4 is 19.5 Å². The van der Waals surface area contributed by atoms with Crippen molar-refractivity contribution < 1.29 is 28.7 Å². The van der Waals surface area contributed by atoms with Gasteiger partial charge in [0.15, 0.2) is 6.10 Å². The Balaban J connectivity index is 2.66. The van der Waals surface area contributed by atoms with Crippen LogP contribution < -0.4 is 11.1 Å². The van der Waals surface area contributed by atoms with E-state index in [0.717, 1.165) is 19.3 Å². The minimum Gasteiger partial charge on any atom is -0.479 e. The molecule has 5 N–H and O–H groups in total. The molecule has 0 aromatic rings. The van der Waals surface area contributed by atoms with Crippen LogP contribution in [0.15, 0.2) is 0 Å². The second kappa shape index (κ2) is 11.8. The van der Waals surface area contributed by atoms with Crippen molar-refractivity contribution in [2.24, 2.45) is 17.6 Å². The number of hydrogen-bond acceptors (Lipinski definition) is 5. The van der Waals surface area contributed by atoms with Gasteiger partial charge in [-0.25, -0.2) is 4.79 Å². The Morgan fingerprint density at radius 2 is 1.89 bits per heavy atom. The Hall–Kier alpha value is -0.950. The van der Waals surface area contributed by atoms with Gasteiger partial charge < -0.3 is 21.1 Å². The average Bonchev–Trinajstić information content (AvgIpc) is 3.10. The average molecular weight is 406 g/mol. The number of nitrogens with one attached hydrogen (secondary N) is 1. The zero-order chi connectivity index (χ0) is 20.4. The van der Waals surface area contributed by atoms with Crippen LogP contribution in [0.2, 0.25) is 0 Å². The molecule has 0 aromatic heterocycles. The van der Waals surface area contributed by atoms with E-state index >= 15 is 0 Å². The van der Waals surface area contributed by atoms with E-state index in [1.165, 1.54) is 12.8 Å². The van der Waals surface area contributed by atoms with Gasteiger partial charge in [0.1, 0.15) is 5.78 Å². The summed E-state index contributed by atoms with van der Waals surface area (Å²) in [6.45, 7) is 3.80. The number of unbranched alkanes of at least 4 members (excludes halogenated alkanes) is 1. The maximum atomic E-state index is 12.7. The van der Waals surface area contributed by atoms with Crippen LogP contribution in [0, 0.1) is 11.8 Å². The van der Waals surface area contributed by atoms with Crippen molar-refractivity contribution in [1.82, 2.24) is 5.32 Å². The second-order valence-corrected chi connectivity index (χ2v) is 9.62. The van der Waals surface area contributed by atoms with Gasteiger partial charge in [-0.05, 0) is 44.1 Å². The van der Waals surface area contributed by atoms with Gasteiger partial charge in [-0.2, -0.15) is 0 Å². The molecular weight excluding hydrogens is 371 g/mol. The molecule has 2 unspecified atom stereocenters. The molecule has 0 aromatic carbocycles. The third-order valence-corrected chi connectivity index (χ3v) is 7.01. The van der Waals surface area contributed by atoms with Gasteiger partial charge in [-0.15, -0.1) is 0 Å². The number of rotatable bonds is 13. The molecule has 3 atom stereocenters. The van der Waals surface area contributed by atoms with Crippen LogP contribution in [0.25, 0.3) is 0 Å². The highest BCUT2D eigenvalue weighted by Crippen LogP contribution is 2.50. The van der Waals surface area contributed by atoms with Crippen LogP contribution in [0.5, 0.6) is 0 Å². The van der Waals surface area contributed by atoms with Crippen LogP contribution in [0.3, 0.4) is 0 Å². The molecule has 0 spiro atoms. The van der Waals surface area contributed by atoms with Gasteiger partial charge in [0, 0.05) is 6.42 Å². The number of amides is 1. The fourth-order valence-corrected chi connectivity index (χ4v) is 5.19. The smallest absolute Gasteiger partial charge is 0.351 e. The molecule has 158 valence electrons. The molecule has 0 heterocycles. The molecule has 0 saturated heterocycles. The molecule has 0 radical (unpaired) electrons. The first kappa shape index (κ1) is 24.1. The van der Waals surface area contributed by atoms with Crippen molar-refractivity contribution in [3.05, 3.63) is 0 Å². The molecule has 9 heteroatoms. The van der Waals surface area contributed by atoms with E-state index in [0.29, 0.717) is 31.7 Å². The van der Waals surface area contributed by atoms with Gasteiger partial charge in [0.05, 0.1) is 0 Å². The molecule has 1 amide bonds. The molecule has 0 bridgehead atoms. The van der Waals surface area contributed by atoms with Gasteiger partial charge in [0.2, 0.25) is 5.91 Å². The fraction of sp³-hybridized carbons (Fsp3) is 0.889. The summed E-state index contributed by atoms with van der Waals surface area (Å²) >= 11 is 0. The summed E-state index contributed by atoms with van der Waals surface area (Å²) in [6.07, 6.45) is 5.50. The number of carboxylic acids is 1. The monoisotopic (exact) mass is 406 g/mol. The van der Waals surface area contributed by atoms with E-state index in [2.05, 4.69) is 5.32 Å². The lowest BCUT2D eigenvalue weighted by Crippen LogP contribution is -2.40. The van der Waals surface area contributed by atoms with E-state index in [-0.39, 0.29) is 18.2 Å². The van der Waals surface area contributed by atoms with Crippen LogP contribution in [0.4, 0.5) is 0 Å². The van der Waals surface area contributed by atoms with E-state index < -0.39 is 25.5 Å². The Morgan fingerprint density at radius 3 is 2.41 bits per heavy atom. The quantitative estimate of drug-likeness (QED) is 0.272. The van der Waals surface area contributed by atoms with Crippen molar-refractivity contribution in [2.75, 3.05) is 6.54 Å². The van der Waals surface area contributed by atoms with Crippen LogP contribution in [0.1, 0.15) is 71.6 Å². The highest BCUT2D eigenvalue weighted by atomic mass is 31.2. The molecule has 1 fully saturated rings. The van der Waals surface area contributed by atoms with Crippen LogP contribution >= 0.6 is 7.60 Å². The van der Waals surface area contributed by atoms with Crippen molar-refractivity contribution in [1.29, 1.82) is 0 Å². The minimum absolute atomic E-state index is 0.0948. The van der Waals surface area contributed by atoms with Gasteiger partial charge >= 0.3 is 13.6 Å². The zero-order valence-electron chi connectivity index (χ0n) is 16.4. The number of aliphatic carboxylic acids is 1. The second-order valence-electron chi connectivity index (χ2n) is 7.73. The predicted molar refractivity (Wildman–Crippen MR) is 103 cm³/mol. The summed E-state index contributed by atoms with van der Waals surface area (Å²) < 4.78 is 17.8. The Kier molecular flexibility index (Phi) is 10.5. The molecule has 1 rings (SSSR count). The normalized spacial score (nSPS) is 19.6. The number of carbonyl (C=O) groups excluding carboxylic acids is 1. The first-order chi connectivity index (χ1) is 12.7. The summed E-state index contributed by atoms with van der Waals surface area (Å²) in [5.41, 5.74) is 5.39. The molecular formula is C18H35N2O6P. The van der Waals surface area contributed by atoms with E-state index in [1.807, 2.05) is 0 Å². The SMILES string of the molecule is CC(C)[C@@H](NC(=O)CCC1CCCC1)P(=O)(O)OC(CCCCN)C(=O)O. The van der Waals surface area contributed by atoms with Crippen molar-refractivity contribution in [3.63, 3.8) is 0 Å². The van der Waals surface area contributed by atoms with Gasteiger partial charge in [-0.3, -0.25) is 13.9 Å². The van der Waals surface area contributed by atoms with Gasteiger partial charge in [-0.1, -0.05) is 39.5 Å². The maximum absolute atomic E-state index is 12.7. The maximum Gasteiger partial charge on any atom is 0.351 e. The minimum atomic E-state index is -4.36. The highest BCUT2D eigenvalue weighted by molar-refractivity contribution is 7.53. The molecule has 27 heavy (non-hydrogen) atoms. The number of nitrogens with two attached hydrogens (primary N) is 1. The van der Waals surface area contributed by atoms with E-state index in [1.54, 1.807) is 13.8 Å². The third-order valence-electron chi connectivity index (χ3n) is 5.02. The summed E-state index contributed by atoms with van der Waals surface area (Å²) in [5, 5.41) is 11.9. The number of carbonyl (C=O) groups is 2. The van der Waals surface area contributed by atoms with Crippen molar-refractivity contribution in [2.45, 2.75) is 83.5 Å². The molecule has 1 saturated carbocycles. The lowest BCUT2D eigenvalue weighted by molar-refractivity contribution is -0.145. The lowest BCUT2D eigenvalue weighted by Gasteiger charge is -2.28. The fourth-order valence-electron chi connectivity index (χ4n) is 3.44. The highest BCUT2D eigenvalue weighted by Gasteiger charge is 2.40. The standard InChI is InChI=1S/C18H35N2O6P/c1-13(2)17(20-16(21)11-10-14-7-3-4-8-14)27(24,25)26-15(18(22)23)9-5-6-12-19/h13-15,17H,3-12,19H2,1-2H3,(H,20,21)(H,22,23)(H,24,25)/t15?,17-/m0/s1.